The smallest absolute Gasteiger partial charge is 0.306 e. The number of amides is 1. The Balaban J connectivity index is 2.40. The third-order valence-electron chi connectivity index (χ3n) is 2.88. The fraction of sp³-hybridized carbons (Fsp3) is 0.400. The summed E-state index contributed by atoms with van der Waals surface area (Å²) in [7, 11) is 0. The van der Waals surface area contributed by atoms with Crippen molar-refractivity contribution >= 4 is 34.9 Å². The number of rotatable bonds is 5. The molecular formula is C15H20N2O3S. The summed E-state index contributed by atoms with van der Waals surface area (Å²) in [6.07, 6.45) is 0.0967. The lowest BCUT2D eigenvalue weighted by atomic mass is 10.1. The molecule has 6 heteroatoms. The van der Waals surface area contributed by atoms with Crippen LogP contribution in [-0.2, 0) is 14.3 Å². The first-order valence-corrected chi connectivity index (χ1v) is 7.17. The van der Waals surface area contributed by atoms with E-state index >= 15 is 0 Å². The standard InChI is InChI=1S/C15H20N2O3S/c1-4-20-14(19)8-7-13(18)17-15(21)16-12-6-5-10(2)11(3)9-12/h5-6,9H,4,7-8H2,1-3H3,(H2,16,17,18,21). The highest BCUT2D eigenvalue weighted by molar-refractivity contribution is 7.80. The van der Waals surface area contributed by atoms with Gasteiger partial charge in [-0.2, -0.15) is 0 Å². The van der Waals surface area contributed by atoms with Crippen molar-refractivity contribution in [1.82, 2.24) is 5.32 Å². The highest BCUT2D eigenvalue weighted by Gasteiger charge is 2.09. The summed E-state index contributed by atoms with van der Waals surface area (Å²) in [5.74, 6) is -0.704. The van der Waals surface area contributed by atoms with Crippen LogP contribution in [0.5, 0.6) is 0 Å². The van der Waals surface area contributed by atoms with Gasteiger partial charge in [0.1, 0.15) is 0 Å². The van der Waals surface area contributed by atoms with Gasteiger partial charge in [-0.05, 0) is 56.2 Å². The molecule has 0 aromatic heterocycles. The topological polar surface area (TPSA) is 67.4 Å². The lowest BCUT2D eigenvalue weighted by Gasteiger charge is -2.11. The van der Waals surface area contributed by atoms with E-state index < -0.39 is 0 Å². The monoisotopic (exact) mass is 308 g/mol. The molecule has 0 aliphatic heterocycles. The van der Waals surface area contributed by atoms with Crippen LogP contribution in [0.1, 0.15) is 30.9 Å². The van der Waals surface area contributed by atoms with Gasteiger partial charge in [-0.15, -0.1) is 0 Å². The minimum Gasteiger partial charge on any atom is -0.466 e. The number of nitrogens with one attached hydrogen (secondary N) is 2. The molecule has 5 nitrogen and oxygen atoms in total. The third kappa shape index (κ3) is 6.35. The Bertz CT molecular complexity index is 544. The van der Waals surface area contributed by atoms with Crippen molar-refractivity contribution in [3.05, 3.63) is 29.3 Å². The number of hydrogen-bond acceptors (Lipinski definition) is 4. The highest BCUT2D eigenvalue weighted by Crippen LogP contribution is 2.13. The van der Waals surface area contributed by atoms with Crippen LogP contribution in [0.25, 0.3) is 0 Å². The van der Waals surface area contributed by atoms with Crippen LogP contribution < -0.4 is 10.6 Å². The van der Waals surface area contributed by atoms with E-state index in [0.717, 1.165) is 11.3 Å². The number of hydrogen-bond donors (Lipinski definition) is 2. The van der Waals surface area contributed by atoms with E-state index in [-0.39, 0.29) is 29.8 Å². The quantitative estimate of drug-likeness (QED) is 0.646. The summed E-state index contributed by atoms with van der Waals surface area (Å²) >= 11 is 5.06. The first kappa shape index (κ1) is 17.1. The van der Waals surface area contributed by atoms with Crippen molar-refractivity contribution in [2.45, 2.75) is 33.6 Å². The lowest BCUT2D eigenvalue weighted by molar-refractivity contribution is -0.144. The van der Waals surface area contributed by atoms with Gasteiger partial charge in [-0.25, -0.2) is 0 Å². The maximum atomic E-state index is 11.6. The summed E-state index contributed by atoms with van der Waals surface area (Å²) in [5.41, 5.74) is 3.13. The predicted octanol–water partition coefficient (Wildman–Crippen LogP) is 2.46. The van der Waals surface area contributed by atoms with Gasteiger partial charge in [0.15, 0.2) is 5.11 Å². The van der Waals surface area contributed by atoms with Gasteiger partial charge in [-0.3, -0.25) is 9.59 Å². The van der Waals surface area contributed by atoms with Gasteiger partial charge in [-0.1, -0.05) is 6.07 Å². The molecule has 0 spiro atoms. The zero-order valence-electron chi connectivity index (χ0n) is 12.5. The minimum atomic E-state index is -0.388. The molecule has 0 aliphatic carbocycles. The van der Waals surface area contributed by atoms with Crippen LogP contribution in [0.2, 0.25) is 0 Å². The Morgan fingerprint density at radius 1 is 1.19 bits per heavy atom. The number of ether oxygens (including phenoxy) is 1. The molecule has 1 amide bonds. The number of thiocarbonyl (C=S) groups is 1. The minimum absolute atomic E-state index is 0.0475. The molecular weight excluding hydrogens is 288 g/mol. The van der Waals surface area contributed by atoms with Crippen molar-refractivity contribution in [1.29, 1.82) is 0 Å². The Kier molecular flexibility index (Phi) is 6.81. The molecule has 0 fully saturated rings. The van der Waals surface area contributed by atoms with Gasteiger partial charge < -0.3 is 15.4 Å². The van der Waals surface area contributed by atoms with Gasteiger partial charge in [0, 0.05) is 12.1 Å². The number of carbonyl (C=O) groups excluding carboxylic acids is 2. The molecule has 1 rings (SSSR count). The number of aryl methyl sites for hydroxylation is 2. The van der Waals surface area contributed by atoms with Crippen molar-refractivity contribution < 1.29 is 14.3 Å². The van der Waals surface area contributed by atoms with Crippen molar-refractivity contribution in [2.75, 3.05) is 11.9 Å². The molecule has 0 radical (unpaired) electrons. The summed E-state index contributed by atoms with van der Waals surface area (Å²) in [4.78, 5) is 22.8. The third-order valence-corrected chi connectivity index (χ3v) is 3.08. The molecule has 1 aromatic rings. The van der Waals surface area contributed by atoms with Crippen LogP contribution in [-0.4, -0.2) is 23.6 Å². The van der Waals surface area contributed by atoms with E-state index in [2.05, 4.69) is 10.6 Å². The molecule has 0 aliphatic rings. The highest BCUT2D eigenvalue weighted by atomic mass is 32.1. The molecule has 21 heavy (non-hydrogen) atoms. The Morgan fingerprint density at radius 2 is 1.90 bits per heavy atom. The fourth-order valence-electron chi connectivity index (χ4n) is 1.62. The first-order valence-electron chi connectivity index (χ1n) is 6.76. The maximum absolute atomic E-state index is 11.6. The van der Waals surface area contributed by atoms with Gasteiger partial charge in [0.25, 0.3) is 0 Å². The SMILES string of the molecule is CCOC(=O)CCC(=O)NC(=S)Nc1ccc(C)c(C)c1. The van der Waals surface area contributed by atoms with E-state index in [4.69, 9.17) is 17.0 Å². The summed E-state index contributed by atoms with van der Waals surface area (Å²) in [5, 5.41) is 5.69. The molecule has 0 bridgehead atoms. The summed E-state index contributed by atoms with van der Waals surface area (Å²) < 4.78 is 4.75. The van der Waals surface area contributed by atoms with E-state index in [9.17, 15) is 9.59 Å². The number of anilines is 1. The largest absolute Gasteiger partial charge is 0.466 e. The Morgan fingerprint density at radius 3 is 2.52 bits per heavy atom. The van der Waals surface area contributed by atoms with Crippen molar-refractivity contribution in [3.8, 4) is 0 Å². The molecule has 0 unspecified atom stereocenters. The van der Waals surface area contributed by atoms with Gasteiger partial charge >= 0.3 is 5.97 Å². The average molecular weight is 308 g/mol. The maximum Gasteiger partial charge on any atom is 0.306 e. The molecule has 2 N–H and O–H groups in total. The van der Waals surface area contributed by atoms with E-state index in [1.807, 2.05) is 32.0 Å². The van der Waals surface area contributed by atoms with Crippen molar-refractivity contribution in [3.63, 3.8) is 0 Å². The Labute approximate surface area is 130 Å². The number of benzene rings is 1. The number of esters is 1. The van der Waals surface area contributed by atoms with Crippen LogP contribution in [0.15, 0.2) is 18.2 Å². The zero-order valence-corrected chi connectivity index (χ0v) is 13.3. The molecule has 114 valence electrons. The molecule has 0 saturated heterocycles. The molecule has 0 saturated carbocycles. The van der Waals surface area contributed by atoms with Crippen LogP contribution in [0.4, 0.5) is 5.69 Å². The van der Waals surface area contributed by atoms with Gasteiger partial charge in [0.05, 0.1) is 13.0 Å². The summed E-state index contributed by atoms with van der Waals surface area (Å²) in [6.45, 7) is 6.06. The number of carbonyl (C=O) groups is 2. The fourth-order valence-corrected chi connectivity index (χ4v) is 1.85. The normalized spacial score (nSPS) is 9.86. The van der Waals surface area contributed by atoms with E-state index in [1.165, 1.54) is 5.56 Å². The predicted molar refractivity (Wildman–Crippen MR) is 86.1 cm³/mol. The van der Waals surface area contributed by atoms with Crippen molar-refractivity contribution in [2.24, 2.45) is 0 Å². The molecule has 1 aromatic carbocycles. The van der Waals surface area contributed by atoms with Crippen LogP contribution >= 0.6 is 12.2 Å². The average Bonchev–Trinajstić information content (AvgIpc) is 2.41. The van der Waals surface area contributed by atoms with Crippen LogP contribution in [0.3, 0.4) is 0 Å². The van der Waals surface area contributed by atoms with Crippen LogP contribution in [0, 0.1) is 13.8 Å². The van der Waals surface area contributed by atoms with E-state index in [0.29, 0.717) is 6.61 Å². The second-order valence-electron chi connectivity index (χ2n) is 4.61. The second kappa shape index (κ2) is 8.36. The zero-order chi connectivity index (χ0) is 15.8. The van der Waals surface area contributed by atoms with Gasteiger partial charge in [0.2, 0.25) is 5.91 Å². The van der Waals surface area contributed by atoms with E-state index in [1.54, 1.807) is 6.92 Å². The molecule has 0 heterocycles. The first-order chi connectivity index (χ1) is 9.92. The second-order valence-corrected chi connectivity index (χ2v) is 5.01. The Hall–Kier alpha value is -1.95. The molecule has 0 atom stereocenters. The lowest BCUT2D eigenvalue weighted by Crippen LogP contribution is -2.34. The summed E-state index contributed by atoms with van der Waals surface area (Å²) in [6, 6.07) is 5.81.